The van der Waals surface area contributed by atoms with E-state index in [2.05, 4.69) is 61.3 Å². The number of nitrogens with zero attached hydrogens (tertiary/aromatic N) is 1. The summed E-state index contributed by atoms with van der Waals surface area (Å²) in [4.78, 5) is 2.42. The molecule has 2 aromatic rings. The van der Waals surface area contributed by atoms with Crippen molar-refractivity contribution in [1.29, 1.82) is 0 Å². The molecule has 148 valence electrons. The van der Waals surface area contributed by atoms with Crippen LogP contribution in [0.25, 0.3) is 0 Å². The molecule has 4 nitrogen and oxygen atoms in total. The summed E-state index contributed by atoms with van der Waals surface area (Å²) < 4.78 is 12.0. The predicted octanol–water partition coefficient (Wildman–Crippen LogP) is 4.40. The van der Waals surface area contributed by atoms with Gasteiger partial charge in [-0.25, -0.2) is 0 Å². The second-order valence-electron chi connectivity index (χ2n) is 6.66. The summed E-state index contributed by atoms with van der Waals surface area (Å²) in [5.41, 5.74) is 3.55. The molecule has 0 heterocycles. The van der Waals surface area contributed by atoms with Gasteiger partial charge >= 0.3 is 0 Å². The van der Waals surface area contributed by atoms with Gasteiger partial charge in [0.15, 0.2) is 11.5 Å². The highest BCUT2D eigenvalue weighted by molar-refractivity contribution is 5.46. The largest absolute Gasteiger partial charge is 0.490 e. The molecule has 2 rings (SSSR count). The number of hydrogen-bond donors (Lipinski definition) is 1. The predicted molar refractivity (Wildman–Crippen MR) is 113 cm³/mol. The van der Waals surface area contributed by atoms with Crippen LogP contribution in [0.5, 0.6) is 11.5 Å². The van der Waals surface area contributed by atoms with Crippen LogP contribution in [0.1, 0.15) is 37.5 Å². The van der Waals surface area contributed by atoms with Gasteiger partial charge in [-0.05, 0) is 38.6 Å². The van der Waals surface area contributed by atoms with Crippen molar-refractivity contribution in [3.8, 4) is 11.5 Å². The highest BCUT2D eigenvalue weighted by atomic mass is 16.5. The second-order valence-corrected chi connectivity index (χ2v) is 6.66. The van der Waals surface area contributed by atoms with Crippen molar-refractivity contribution in [2.24, 2.45) is 0 Å². The normalized spacial score (nSPS) is 11.0. The van der Waals surface area contributed by atoms with Crippen LogP contribution >= 0.6 is 0 Å². The minimum absolute atomic E-state index is 0.539. The highest BCUT2D eigenvalue weighted by Crippen LogP contribution is 2.32. The topological polar surface area (TPSA) is 33.7 Å². The molecular weight excluding hydrogens is 336 g/mol. The Morgan fingerprint density at radius 2 is 1.67 bits per heavy atom. The first-order chi connectivity index (χ1) is 13.2. The van der Waals surface area contributed by atoms with Crippen molar-refractivity contribution < 1.29 is 9.47 Å². The molecule has 4 heteroatoms. The maximum atomic E-state index is 6.19. The quantitative estimate of drug-likeness (QED) is 0.561. The zero-order chi connectivity index (χ0) is 19.5. The zero-order valence-electron chi connectivity index (χ0n) is 17.3. The summed E-state index contributed by atoms with van der Waals surface area (Å²) >= 11 is 0. The molecule has 0 aliphatic carbocycles. The summed E-state index contributed by atoms with van der Waals surface area (Å²) in [7, 11) is 0. The lowest BCUT2D eigenvalue weighted by Gasteiger charge is -2.19. The molecule has 27 heavy (non-hydrogen) atoms. The van der Waals surface area contributed by atoms with Gasteiger partial charge in [0.05, 0.1) is 6.61 Å². The Balaban J connectivity index is 2.02. The van der Waals surface area contributed by atoms with Gasteiger partial charge in [0.25, 0.3) is 0 Å². The number of para-hydroxylation sites is 1. The molecule has 1 N–H and O–H groups in total. The van der Waals surface area contributed by atoms with Crippen LogP contribution in [0.2, 0.25) is 0 Å². The Kier molecular flexibility index (Phi) is 9.16. The summed E-state index contributed by atoms with van der Waals surface area (Å²) in [6.07, 6.45) is 0. The molecule has 0 aliphatic heterocycles. The van der Waals surface area contributed by atoms with Crippen molar-refractivity contribution in [2.45, 2.75) is 40.8 Å². The van der Waals surface area contributed by atoms with E-state index in [1.807, 2.05) is 19.1 Å². The molecule has 0 saturated carbocycles. The maximum Gasteiger partial charge on any atom is 0.166 e. The third-order valence-electron chi connectivity index (χ3n) is 4.68. The molecule has 0 saturated heterocycles. The maximum absolute atomic E-state index is 6.19. The SMILES string of the molecule is CCOc1cccc(CNCCN(CC)CC)c1OCc1ccc(C)cc1. The van der Waals surface area contributed by atoms with E-state index in [1.165, 1.54) is 5.56 Å². The van der Waals surface area contributed by atoms with Gasteiger partial charge in [-0.3, -0.25) is 0 Å². The van der Waals surface area contributed by atoms with Crippen LogP contribution in [0, 0.1) is 6.92 Å². The number of likely N-dealkylation sites (N-methyl/N-ethyl adjacent to an activating group) is 1. The van der Waals surface area contributed by atoms with Crippen molar-refractivity contribution in [2.75, 3.05) is 32.8 Å². The van der Waals surface area contributed by atoms with E-state index in [-0.39, 0.29) is 0 Å². The third-order valence-corrected chi connectivity index (χ3v) is 4.68. The molecular formula is C23H34N2O2. The van der Waals surface area contributed by atoms with Crippen LogP contribution in [-0.4, -0.2) is 37.7 Å². The molecule has 2 aromatic carbocycles. The summed E-state index contributed by atoms with van der Waals surface area (Å²) in [5, 5.41) is 3.54. The Morgan fingerprint density at radius 1 is 0.926 bits per heavy atom. The van der Waals surface area contributed by atoms with Gasteiger partial charge in [0, 0.05) is 25.2 Å². The Bertz CT molecular complexity index is 667. The summed E-state index contributed by atoms with van der Waals surface area (Å²) in [6, 6.07) is 14.6. The van der Waals surface area contributed by atoms with E-state index in [0.717, 1.165) is 55.3 Å². The Morgan fingerprint density at radius 3 is 2.33 bits per heavy atom. The van der Waals surface area contributed by atoms with Gasteiger partial charge in [-0.15, -0.1) is 0 Å². The molecule has 0 aromatic heterocycles. The monoisotopic (exact) mass is 370 g/mol. The van der Waals surface area contributed by atoms with Gasteiger partial charge in [0.1, 0.15) is 6.61 Å². The van der Waals surface area contributed by atoms with Gasteiger partial charge in [0.2, 0.25) is 0 Å². The molecule has 0 fully saturated rings. The van der Waals surface area contributed by atoms with Crippen molar-refractivity contribution >= 4 is 0 Å². The van der Waals surface area contributed by atoms with Crippen molar-refractivity contribution in [1.82, 2.24) is 10.2 Å². The van der Waals surface area contributed by atoms with E-state index in [4.69, 9.17) is 9.47 Å². The Hall–Kier alpha value is -2.04. The molecule has 0 aliphatic rings. The summed E-state index contributed by atoms with van der Waals surface area (Å²) in [5.74, 6) is 1.66. The average molecular weight is 371 g/mol. The molecule has 0 atom stereocenters. The van der Waals surface area contributed by atoms with E-state index in [9.17, 15) is 0 Å². The standard InChI is InChI=1S/C23H34N2O2/c1-5-25(6-2)16-15-24-17-21-9-8-10-22(26-7-3)23(21)27-18-20-13-11-19(4)12-14-20/h8-14,24H,5-7,15-18H2,1-4H3. The number of benzene rings is 2. The molecule has 0 unspecified atom stereocenters. The lowest BCUT2D eigenvalue weighted by Crippen LogP contribution is -2.31. The van der Waals surface area contributed by atoms with Crippen LogP contribution in [0.3, 0.4) is 0 Å². The van der Waals surface area contributed by atoms with E-state index in [1.54, 1.807) is 0 Å². The van der Waals surface area contributed by atoms with Gasteiger partial charge in [-0.2, -0.15) is 0 Å². The minimum Gasteiger partial charge on any atom is -0.490 e. The van der Waals surface area contributed by atoms with E-state index >= 15 is 0 Å². The van der Waals surface area contributed by atoms with Crippen LogP contribution < -0.4 is 14.8 Å². The molecule has 0 radical (unpaired) electrons. The lowest BCUT2D eigenvalue weighted by molar-refractivity contribution is 0.265. The molecule has 0 amide bonds. The first kappa shape index (κ1) is 21.3. The number of nitrogens with one attached hydrogen (secondary N) is 1. The fraction of sp³-hybridized carbons (Fsp3) is 0.478. The first-order valence-electron chi connectivity index (χ1n) is 10.0. The first-order valence-corrected chi connectivity index (χ1v) is 10.0. The smallest absolute Gasteiger partial charge is 0.166 e. The van der Waals surface area contributed by atoms with Crippen LogP contribution in [0.4, 0.5) is 0 Å². The highest BCUT2D eigenvalue weighted by Gasteiger charge is 2.11. The average Bonchev–Trinajstić information content (AvgIpc) is 2.69. The molecule has 0 bridgehead atoms. The Labute approximate surface area is 164 Å². The second kappa shape index (κ2) is 11.6. The van der Waals surface area contributed by atoms with E-state index in [0.29, 0.717) is 13.2 Å². The third kappa shape index (κ3) is 6.89. The number of hydrogen-bond acceptors (Lipinski definition) is 4. The number of ether oxygens (including phenoxy) is 2. The van der Waals surface area contributed by atoms with Crippen LogP contribution in [-0.2, 0) is 13.2 Å². The molecule has 0 spiro atoms. The van der Waals surface area contributed by atoms with Crippen molar-refractivity contribution in [3.63, 3.8) is 0 Å². The summed E-state index contributed by atoms with van der Waals surface area (Å²) in [6.45, 7) is 14.6. The zero-order valence-corrected chi connectivity index (χ0v) is 17.3. The van der Waals surface area contributed by atoms with Crippen molar-refractivity contribution in [3.05, 3.63) is 59.2 Å². The fourth-order valence-corrected chi connectivity index (χ4v) is 2.97. The number of rotatable bonds is 12. The minimum atomic E-state index is 0.539. The van der Waals surface area contributed by atoms with Gasteiger partial charge in [-0.1, -0.05) is 55.8 Å². The fourth-order valence-electron chi connectivity index (χ4n) is 2.97. The lowest BCUT2D eigenvalue weighted by atomic mass is 10.1. The van der Waals surface area contributed by atoms with E-state index < -0.39 is 0 Å². The van der Waals surface area contributed by atoms with Gasteiger partial charge < -0.3 is 19.7 Å². The van der Waals surface area contributed by atoms with Crippen LogP contribution in [0.15, 0.2) is 42.5 Å². The number of aryl methyl sites for hydroxylation is 1.